The molecule has 0 heterocycles. The van der Waals surface area contributed by atoms with Gasteiger partial charge in [-0.3, -0.25) is 9.52 Å². The summed E-state index contributed by atoms with van der Waals surface area (Å²) in [5.74, 6) is 0.177. The van der Waals surface area contributed by atoms with Crippen LogP contribution in [-0.4, -0.2) is 20.9 Å². The number of carbonyl (C=O) groups is 1. The Labute approximate surface area is 152 Å². The van der Waals surface area contributed by atoms with E-state index in [0.29, 0.717) is 28.8 Å². The molecule has 0 aliphatic rings. The molecule has 0 aliphatic carbocycles. The van der Waals surface area contributed by atoms with E-state index in [1.54, 1.807) is 38.1 Å². The summed E-state index contributed by atoms with van der Waals surface area (Å²) in [6.07, 6.45) is 0.269. The van der Waals surface area contributed by atoms with Crippen LogP contribution in [0.15, 0.2) is 47.4 Å². The van der Waals surface area contributed by atoms with Gasteiger partial charge in [-0.25, -0.2) is 8.42 Å². The number of benzene rings is 2. The number of nitrogens with one attached hydrogen (secondary N) is 2. The maximum atomic E-state index is 12.6. The summed E-state index contributed by atoms with van der Waals surface area (Å²) in [4.78, 5) is 11.7. The van der Waals surface area contributed by atoms with Gasteiger partial charge in [0.25, 0.3) is 10.0 Å². The van der Waals surface area contributed by atoms with Crippen LogP contribution >= 0.6 is 11.6 Å². The second-order valence-electron chi connectivity index (χ2n) is 5.11. The molecule has 2 N–H and O–H groups in total. The van der Waals surface area contributed by atoms with E-state index < -0.39 is 10.0 Å². The van der Waals surface area contributed by atoms with Gasteiger partial charge in [-0.2, -0.15) is 0 Å². The molecule has 2 aromatic carbocycles. The zero-order valence-corrected chi connectivity index (χ0v) is 15.4. The van der Waals surface area contributed by atoms with Crippen LogP contribution in [0.2, 0.25) is 5.02 Å². The number of hydrogen-bond donors (Lipinski definition) is 2. The summed E-state index contributed by atoms with van der Waals surface area (Å²) in [6, 6.07) is 10.6. The van der Waals surface area contributed by atoms with Crippen molar-refractivity contribution in [3.63, 3.8) is 0 Å². The molecule has 2 aromatic rings. The molecule has 0 radical (unpaired) electrons. The summed E-state index contributed by atoms with van der Waals surface area (Å²) < 4.78 is 33.0. The second-order valence-corrected chi connectivity index (χ2v) is 7.22. The highest BCUT2D eigenvalue weighted by Crippen LogP contribution is 2.29. The Hall–Kier alpha value is -2.25. The van der Waals surface area contributed by atoms with E-state index in [1.807, 2.05) is 0 Å². The van der Waals surface area contributed by atoms with E-state index >= 15 is 0 Å². The van der Waals surface area contributed by atoms with Crippen molar-refractivity contribution in [1.29, 1.82) is 0 Å². The monoisotopic (exact) mass is 382 g/mol. The molecule has 2 rings (SSSR count). The number of amides is 1. The van der Waals surface area contributed by atoms with Crippen molar-refractivity contribution < 1.29 is 17.9 Å². The highest BCUT2D eigenvalue weighted by atomic mass is 35.5. The first-order chi connectivity index (χ1) is 11.9. The van der Waals surface area contributed by atoms with E-state index in [4.69, 9.17) is 16.3 Å². The van der Waals surface area contributed by atoms with E-state index in [9.17, 15) is 13.2 Å². The average Bonchev–Trinajstić information content (AvgIpc) is 2.58. The highest BCUT2D eigenvalue weighted by molar-refractivity contribution is 7.92. The molecule has 0 bridgehead atoms. The lowest BCUT2D eigenvalue weighted by molar-refractivity contribution is -0.115. The Bertz CT molecular complexity index is 851. The molecule has 0 aliphatic heterocycles. The maximum absolute atomic E-state index is 12.6. The molecule has 1 amide bonds. The lowest BCUT2D eigenvalue weighted by atomic mass is 10.3. The molecule has 25 heavy (non-hydrogen) atoms. The largest absolute Gasteiger partial charge is 0.492 e. The van der Waals surface area contributed by atoms with Crippen LogP contribution < -0.4 is 14.8 Å². The number of hydrogen-bond acceptors (Lipinski definition) is 4. The molecule has 0 atom stereocenters. The normalized spacial score (nSPS) is 11.0. The first-order valence-electron chi connectivity index (χ1n) is 7.70. The lowest BCUT2D eigenvalue weighted by Gasteiger charge is -2.14. The quantitative estimate of drug-likeness (QED) is 0.760. The van der Waals surface area contributed by atoms with Gasteiger partial charge in [0.2, 0.25) is 5.91 Å². The van der Waals surface area contributed by atoms with Crippen molar-refractivity contribution in [3.8, 4) is 5.75 Å². The fraction of sp³-hybridized carbons (Fsp3) is 0.235. The summed E-state index contributed by atoms with van der Waals surface area (Å²) in [5.41, 5.74) is 0.699. The van der Waals surface area contributed by atoms with Gasteiger partial charge in [0, 0.05) is 17.1 Å². The summed E-state index contributed by atoms with van der Waals surface area (Å²) in [7, 11) is -3.82. The third kappa shape index (κ3) is 5.11. The number of halogens is 1. The first-order valence-corrected chi connectivity index (χ1v) is 9.57. The molecule has 0 spiro atoms. The lowest BCUT2D eigenvalue weighted by Crippen LogP contribution is -2.15. The molecule has 8 heteroatoms. The van der Waals surface area contributed by atoms with Crippen LogP contribution in [0.1, 0.15) is 20.3 Å². The highest BCUT2D eigenvalue weighted by Gasteiger charge is 2.18. The molecular formula is C17H19ClN2O4S. The SMILES string of the molecule is CCOc1ccc(S(=O)(=O)Nc2ccc(Cl)cc2)cc1NC(=O)CC. The minimum absolute atomic E-state index is 0.0114. The minimum Gasteiger partial charge on any atom is -0.492 e. The standard InChI is InChI=1S/C17H19ClN2O4S/c1-3-17(21)19-15-11-14(9-10-16(15)24-4-2)25(22,23)20-13-7-5-12(18)6-8-13/h5-11,20H,3-4H2,1-2H3,(H,19,21). The maximum Gasteiger partial charge on any atom is 0.261 e. The molecule has 134 valence electrons. The smallest absolute Gasteiger partial charge is 0.261 e. The molecule has 0 saturated heterocycles. The average molecular weight is 383 g/mol. The third-order valence-electron chi connectivity index (χ3n) is 3.25. The predicted molar refractivity (Wildman–Crippen MR) is 98.8 cm³/mol. The van der Waals surface area contributed by atoms with Gasteiger partial charge in [0.05, 0.1) is 17.2 Å². The van der Waals surface area contributed by atoms with E-state index in [1.165, 1.54) is 18.2 Å². The molecule has 0 aromatic heterocycles. The predicted octanol–water partition coefficient (Wildman–Crippen LogP) is 3.89. The van der Waals surface area contributed by atoms with Crippen molar-refractivity contribution in [2.24, 2.45) is 0 Å². The summed E-state index contributed by atoms with van der Waals surface area (Å²) in [5, 5.41) is 3.16. The number of carbonyl (C=O) groups excluding carboxylic acids is 1. The number of sulfonamides is 1. The van der Waals surface area contributed by atoms with E-state index in [0.717, 1.165) is 0 Å². The Balaban J connectivity index is 2.34. The Morgan fingerprint density at radius 2 is 1.80 bits per heavy atom. The van der Waals surface area contributed by atoms with Crippen LogP contribution in [0.25, 0.3) is 0 Å². The second kappa shape index (κ2) is 8.22. The summed E-state index contributed by atoms with van der Waals surface area (Å²) >= 11 is 5.80. The van der Waals surface area contributed by atoms with Crippen LogP contribution in [0, 0.1) is 0 Å². The molecule has 0 fully saturated rings. The zero-order valence-electron chi connectivity index (χ0n) is 13.9. The first kappa shape index (κ1) is 19.1. The van der Waals surface area contributed by atoms with Crippen molar-refractivity contribution in [3.05, 3.63) is 47.5 Å². The van der Waals surface area contributed by atoms with Crippen LogP contribution in [0.3, 0.4) is 0 Å². The van der Waals surface area contributed by atoms with E-state index in [2.05, 4.69) is 10.0 Å². The third-order valence-corrected chi connectivity index (χ3v) is 4.88. The zero-order chi connectivity index (χ0) is 18.4. The number of rotatable bonds is 7. The van der Waals surface area contributed by atoms with Gasteiger partial charge in [0.1, 0.15) is 5.75 Å². The van der Waals surface area contributed by atoms with Crippen LogP contribution in [0.5, 0.6) is 5.75 Å². The molecular weight excluding hydrogens is 364 g/mol. The van der Waals surface area contributed by atoms with Crippen molar-refractivity contribution >= 4 is 38.9 Å². The summed E-state index contributed by atoms with van der Waals surface area (Å²) in [6.45, 7) is 3.90. The van der Waals surface area contributed by atoms with Crippen molar-refractivity contribution in [2.75, 3.05) is 16.6 Å². The molecule has 0 unspecified atom stereocenters. The Kier molecular flexibility index (Phi) is 6.27. The number of anilines is 2. The van der Waals surface area contributed by atoms with Crippen LogP contribution in [0.4, 0.5) is 11.4 Å². The van der Waals surface area contributed by atoms with Crippen LogP contribution in [-0.2, 0) is 14.8 Å². The Morgan fingerprint density at radius 1 is 1.12 bits per heavy atom. The molecule has 6 nitrogen and oxygen atoms in total. The molecule has 0 saturated carbocycles. The van der Waals surface area contributed by atoms with Crippen molar-refractivity contribution in [2.45, 2.75) is 25.2 Å². The van der Waals surface area contributed by atoms with Crippen molar-refractivity contribution in [1.82, 2.24) is 0 Å². The topological polar surface area (TPSA) is 84.5 Å². The van der Waals surface area contributed by atoms with Gasteiger partial charge in [0.15, 0.2) is 0 Å². The fourth-order valence-electron chi connectivity index (χ4n) is 2.03. The fourth-order valence-corrected chi connectivity index (χ4v) is 3.24. The number of ether oxygens (including phenoxy) is 1. The minimum atomic E-state index is -3.82. The Morgan fingerprint density at radius 3 is 2.40 bits per heavy atom. The van der Waals surface area contributed by atoms with Gasteiger partial charge in [-0.1, -0.05) is 18.5 Å². The van der Waals surface area contributed by atoms with E-state index in [-0.39, 0.29) is 17.2 Å². The van der Waals surface area contributed by atoms with Gasteiger partial charge in [-0.05, 0) is 49.4 Å². The van der Waals surface area contributed by atoms with Gasteiger partial charge >= 0.3 is 0 Å². The van der Waals surface area contributed by atoms with Gasteiger partial charge < -0.3 is 10.1 Å². The van der Waals surface area contributed by atoms with Gasteiger partial charge in [-0.15, -0.1) is 0 Å².